The lowest BCUT2D eigenvalue weighted by Gasteiger charge is -2.12. The van der Waals surface area contributed by atoms with Crippen LogP contribution in [0.1, 0.15) is 18.9 Å². The Labute approximate surface area is 89.6 Å². The maximum Gasteiger partial charge on any atom is 0.411 e. The summed E-state index contributed by atoms with van der Waals surface area (Å²) >= 11 is 0. The molecule has 0 saturated carbocycles. The lowest BCUT2D eigenvalue weighted by atomic mass is 10.2. The fourth-order valence-electron chi connectivity index (χ4n) is 1.22. The summed E-state index contributed by atoms with van der Waals surface area (Å²) in [6.45, 7) is 2.48. The molecule has 0 aromatic heterocycles. The van der Waals surface area contributed by atoms with E-state index in [-0.39, 0.29) is 0 Å². The van der Waals surface area contributed by atoms with Crippen molar-refractivity contribution in [1.82, 2.24) is 4.90 Å². The summed E-state index contributed by atoms with van der Waals surface area (Å²) in [6, 6.07) is 9.64. The third-order valence-corrected chi connectivity index (χ3v) is 1.96. The Balaban J connectivity index is 2.65. The molecule has 0 fully saturated rings. The minimum absolute atomic E-state index is 0.526. The lowest BCUT2D eigenvalue weighted by molar-refractivity contribution is 0.163. The zero-order chi connectivity index (χ0) is 11.1. The molecular formula is C12H15NO2. The van der Waals surface area contributed by atoms with Crippen LogP contribution in [0.25, 0.3) is 6.08 Å². The van der Waals surface area contributed by atoms with E-state index in [1.54, 1.807) is 12.3 Å². The summed E-state index contributed by atoms with van der Waals surface area (Å²) in [4.78, 5) is 12.1. The molecule has 1 rings (SSSR count). The molecule has 15 heavy (non-hydrogen) atoms. The van der Waals surface area contributed by atoms with E-state index in [0.29, 0.717) is 6.54 Å². The maximum absolute atomic E-state index is 10.8. The highest BCUT2D eigenvalue weighted by Gasteiger charge is 2.05. The Kier molecular flexibility index (Phi) is 4.41. The molecule has 0 heterocycles. The Morgan fingerprint density at radius 3 is 2.60 bits per heavy atom. The van der Waals surface area contributed by atoms with Crippen molar-refractivity contribution in [2.75, 3.05) is 6.54 Å². The van der Waals surface area contributed by atoms with Crippen molar-refractivity contribution in [3.8, 4) is 0 Å². The normalized spacial score (nSPS) is 10.5. The highest BCUT2D eigenvalue weighted by atomic mass is 16.4. The monoisotopic (exact) mass is 205 g/mol. The molecule has 1 aromatic rings. The number of hydrogen-bond donors (Lipinski definition) is 1. The van der Waals surface area contributed by atoms with Crippen LogP contribution in [0.3, 0.4) is 0 Å². The van der Waals surface area contributed by atoms with Crippen LogP contribution in [-0.2, 0) is 0 Å². The molecule has 1 N–H and O–H groups in total. The molecule has 1 amide bonds. The lowest BCUT2D eigenvalue weighted by Crippen LogP contribution is -2.24. The van der Waals surface area contributed by atoms with Crippen molar-refractivity contribution in [3.05, 3.63) is 42.1 Å². The zero-order valence-corrected chi connectivity index (χ0v) is 8.76. The van der Waals surface area contributed by atoms with Gasteiger partial charge >= 0.3 is 6.09 Å². The van der Waals surface area contributed by atoms with Gasteiger partial charge in [0.1, 0.15) is 0 Å². The second-order valence-corrected chi connectivity index (χ2v) is 3.20. The van der Waals surface area contributed by atoms with Crippen molar-refractivity contribution in [2.24, 2.45) is 0 Å². The van der Waals surface area contributed by atoms with Crippen molar-refractivity contribution < 1.29 is 9.90 Å². The molecule has 3 nitrogen and oxygen atoms in total. The molecule has 0 bridgehead atoms. The standard InChI is InChI=1S/C12H15NO2/c1-2-9-13(12(14)15)10-8-11-6-4-3-5-7-11/h3-8,10H,2,9H2,1H3,(H,14,15). The van der Waals surface area contributed by atoms with Gasteiger partial charge in [0.25, 0.3) is 0 Å². The molecular weight excluding hydrogens is 190 g/mol. The first-order valence-corrected chi connectivity index (χ1v) is 4.97. The van der Waals surface area contributed by atoms with Crippen LogP contribution >= 0.6 is 0 Å². The van der Waals surface area contributed by atoms with Crippen LogP contribution in [0.4, 0.5) is 4.79 Å². The van der Waals surface area contributed by atoms with E-state index in [1.807, 2.05) is 37.3 Å². The predicted molar refractivity (Wildman–Crippen MR) is 60.5 cm³/mol. The summed E-state index contributed by atoms with van der Waals surface area (Å²) in [5.41, 5.74) is 1.000. The summed E-state index contributed by atoms with van der Waals surface area (Å²) in [6.07, 6.45) is 3.29. The van der Waals surface area contributed by atoms with Crippen LogP contribution < -0.4 is 0 Å². The summed E-state index contributed by atoms with van der Waals surface area (Å²) in [5, 5.41) is 8.86. The number of carbonyl (C=O) groups is 1. The Hall–Kier alpha value is -1.77. The third-order valence-electron chi connectivity index (χ3n) is 1.96. The van der Waals surface area contributed by atoms with Crippen LogP contribution in [0, 0.1) is 0 Å². The zero-order valence-electron chi connectivity index (χ0n) is 8.76. The molecule has 0 saturated heterocycles. The maximum atomic E-state index is 10.8. The van der Waals surface area contributed by atoms with Gasteiger partial charge in [0, 0.05) is 12.7 Å². The molecule has 0 spiro atoms. The quantitative estimate of drug-likeness (QED) is 0.820. The average molecular weight is 205 g/mol. The first kappa shape index (κ1) is 11.3. The first-order valence-electron chi connectivity index (χ1n) is 4.97. The molecule has 0 aliphatic carbocycles. The van der Waals surface area contributed by atoms with Crippen LogP contribution in [0.2, 0.25) is 0 Å². The fraction of sp³-hybridized carbons (Fsp3) is 0.250. The van der Waals surface area contributed by atoms with Gasteiger partial charge in [-0.3, -0.25) is 4.90 Å². The van der Waals surface area contributed by atoms with Crippen molar-refractivity contribution in [3.63, 3.8) is 0 Å². The van der Waals surface area contributed by atoms with Gasteiger partial charge in [-0.1, -0.05) is 37.3 Å². The highest BCUT2D eigenvalue weighted by Crippen LogP contribution is 2.03. The Morgan fingerprint density at radius 1 is 1.40 bits per heavy atom. The minimum atomic E-state index is -0.913. The number of benzene rings is 1. The van der Waals surface area contributed by atoms with Gasteiger partial charge < -0.3 is 5.11 Å². The summed E-state index contributed by atoms with van der Waals surface area (Å²) in [7, 11) is 0. The van der Waals surface area contributed by atoms with Gasteiger partial charge in [0.05, 0.1) is 0 Å². The SMILES string of the molecule is CCCN(C=Cc1ccccc1)C(=O)O. The van der Waals surface area contributed by atoms with E-state index in [1.165, 1.54) is 4.90 Å². The van der Waals surface area contributed by atoms with E-state index >= 15 is 0 Å². The molecule has 0 radical (unpaired) electrons. The van der Waals surface area contributed by atoms with Gasteiger partial charge in [-0.2, -0.15) is 0 Å². The van der Waals surface area contributed by atoms with Crippen LogP contribution in [-0.4, -0.2) is 22.6 Å². The largest absolute Gasteiger partial charge is 0.465 e. The van der Waals surface area contributed by atoms with E-state index in [0.717, 1.165) is 12.0 Å². The minimum Gasteiger partial charge on any atom is -0.465 e. The molecule has 3 heteroatoms. The van der Waals surface area contributed by atoms with E-state index < -0.39 is 6.09 Å². The van der Waals surface area contributed by atoms with Crippen LogP contribution in [0.15, 0.2) is 36.5 Å². The van der Waals surface area contributed by atoms with Crippen molar-refractivity contribution in [2.45, 2.75) is 13.3 Å². The van der Waals surface area contributed by atoms with Gasteiger partial charge in [-0.15, -0.1) is 0 Å². The predicted octanol–water partition coefficient (Wildman–Crippen LogP) is 3.05. The van der Waals surface area contributed by atoms with Crippen LogP contribution in [0.5, 0.6) is 0 Å². The molecule has 80 valence electrons. The van der Waals surface area contributed by atoms with Gasteiger partial charge in [-0.25, -0.2) is 4.79 Å². The summed E-state index contributed by atoms with van der Waals surface area (Å²) < 4.78 is 0. The number of carboxylic acid groups (broad SMARTS) is 1. The van der Waals surface area contributed by atoms with E-state index in [4.69, 9.17) is 5.11 Å². The number of hydrogen-bond acceptors (Lipinski definition) is 1. The topological polar surface area (TPSA) is 40.5 Å². The molecule has 0 atom stereocenters. The van der Waals surface area contributed by atoms with Crippen molar-refractivity contribution in [1.29, 1.82) is 0 Å². The first-order chi connectivity index (χ1) is 7.24. The molecule has 0 aliphatic heterocycles. The van der Waals surface area contributed by atoms with Gasteiger partial charge in [-0.05, 0) is 18.1 Å². The van der Waals surface area contributed by atoms with Crippen molar-refractivity contribution >= 4 is 12.2 Å². The average Bonchev–Trinajstić information content (AvgIpc) is 2.25. The summed E-state index contributed by atoms with van der Waals surface area (Å²) in [5.74, 6) is 0. The molecule has 0 aliphatic rings. The smallest absolute Gasteiger partial charge is 0.411 e. The fourth-order valence-corrected chi connectivity index (χ4v) is 1.22. The molecule has 0 unspecified atom stereocenters. The van der Waals surface area contributed by atoms with Gasteiger partial charge in [0.2, 0.25) is 0 Å². The third kappa shape index (κ3) is 3.85. The second-order valence-electron chi connectivity index (χ2n) is 3.20. The molecule has 1 aromatic carbocycles. The Bertz CT molecular complexity index is 333. The number of amides is 1. The number of nitrogens with zero attached hydrogens (tertiary/aromatic N) is 1. The Morgan fingerprint density at radius 2 is 2.07 bits per heavy atom. The number of rotatable bonds is 4. The highest BCUT2D eigenvalue weighted by molar-refractivity contribution is 5.68. The van der Waals surface area contributed by atoms with E-state index in [2.05, 4.69) is 0 Å². The van der Waals surface area contributed by atoms with Gasteiger partial charge in [0.15, 0.2) is 0 Å². The second kappa shape index (κ2) is 5.86. The van der Waals surface area contributed by atoms with E-state index in [9.17, 15) is 4.79 Å².